The van der Waals surface area contributed by atoms with E-state index in [2.05, 4.69) is 39.1 Å². The van der Waals surface area contributed by atoms with Crippen LogP contribution in [-0.2, 0) is 4.74 Å². The lowest BCUT2D eigenvalue weighted by molar-refractivity contribution is 0.0945. The van der Waals surface area contributed by atoms with Crippen LogP contribution in [0.4, 0.5) is 17.2 Å². The first kappa shape index (κ1) is 17.9. The fourth-order valence-corrected chi connectivity index (χ4v) is 4.60. The molecule has 1 N–H and O–H groups in total. The van der Waals surface area contributed by atoms with Gasteiger partial charge in [-0.1, -0.05) is 24.3 Å². The summed E-state index contributed by atoms with van der Waals surface area (Å²) in [6, 6.07) is 18.3. The summed E-state index contributed by atoms with van der Waals surface area (Å²) in [5, 5.41) is 10.8. The number of nitrogens with one attached hydrogen (secondary N) is 1. The molecule has 31 heavy (non-hydrogen) atoms. The number of para-hydroxylation sites is 1. The van der Waals surface area contributed by atoms with E-state index in [1.165, 1.54) is 0 Å². The summed E-state index contributed by atoms with van der Waals surface area (Å²) in [6.45, 7) is 2.83. The minimum atomic E-state index is 0.166. The predicted octanol–water partition coefficient (Wildman–Crippen LogP) is 3.85. The maximum Gasteiger partial charge on any atom is 0.162 e. The van der Waals surface area contributed by atoms with Gasteiger partial charge in [-0.2, -0.15) is 5.26 Å². The second-order valence-electron chi connectivity index (χ2n) is 7.81. The van der Waals surface area contributed by atoms with Crippen molar-refractivity contribution in [3.8, 4) is 17.5 Å². The monoisotopic (exact) mass is 408 g/mol. The summed E-state index contributed by atoms with van der Waals surface area (Å²) in [7, 11) is 0. The number of morpholine rings is 1. The number of rotatable bonds is 2. The molecule has 0 aliphatic carbocycles. The largest absolute Gasteiger partial charge is 0.377 e. The van der Waals surface area contributed by atoms with Crippen molar-refractivity contribution >= 4 is 28.1 Å². The lowest BCUT2D eigenvalue weighted by Crippen LogP contribution is -2.54. The van der Waals surface area contributed by atoms with Gasteiger partial charge in [-0.15, -0.1) is 0 Å². The van der Waals surface area contributed by atoms with Crippen LogP contribution in [0.3, 0.4) is 0 Å². The van der Waals surface area contributed by atoms with E-state index in [4.69, 9.17) is 14.7 Å². The molecule has 4 aromatic rings. The first-order valence-corrected chi connectivity index (χ1v) is 10.4. The van der Waals surface area contributed by atoms with Gasteiger partial charge in [0.2, 0.25) is 0 Å². The number of hydrogen-bond acceptors (Lipinski definition) is 6. The number of aromatic nitrogens is 3. The quantitative estimate of drug-likeness (QED) is 0.543. The Labute approximate surface area is 179 Å². The Morgan fingerprint density at radius 2 is 2.03 bits per heavy atom. The van der Waals surface area contributed by atoms with Crippen LogP contribution in [0.5, 0.6) is 0 Å². The molecule has 1 atom stereocenters. The molecular formula is C24H20N6O. The van der Waals surface area contributed by atoms with Gasteiger partial charge in [-0.05, 0) is 24.3 Å². The number of anilines is 3. The fourth-order valence-electron chi connectivity index (χ4n) is 4.60. The summed E-state index contributed by atoms with van der Waals surface area (Å²) in [6.07, 6.45) is 3.83. The van der Waals surface area contributed by atoms with Gasteiger partial charge in [0, 0.05) is 35.8 Å². The molecule has 4 heterocycles. The Balaban J connectivity index is 1.53. The maximum absolute atomic E-state index is 9.66. The van der Waals surface area contributed by atoms with Crippen LogP contribution >= 0.6 is 0 Å². The van der Waals surface area contributed by atoms with E-state index in [1.54, 1.807) is 0 Å². The van der Waals surface area contributed by atoms with E-state index < -0.39 is 0 Å². The number of H-pyrrole nitrogens is 1. The minimum Gasteiger partial charge on any atom is -0.377 e. The first-order chi connectivity index (χ1) is 15.3. The molecule has 0 saturated carbocycles. The minimum absolute atomic E-state index is 0.166. The standard InChI is InChI=1S/C24H20N6O/c25-12-16-4-1-2-7-21(16)30-14-17-15-31-11-10-29(17)24-22(30)13-27-23(28-24)19-5-3-6-20-18(19)8-9-26-20/h1-9,13,17,26H,10-11,14-15H2/t17-/m1/s1. The molecule has 7 nitrogen and oxygen atoms in total. The van der Waals surface area contributed by atoms with Crippen LogP contribution in [0.15, 0.2) is 60.9 Å². The van der Waals surface area contributed by atoms with Gasteiger partial charge in [0.05, 0.1) is 36.7 Å². The molecule has 0 spiro atoms. The zero-order chi connectivity index (χ0) is 20.8. The van der Waals surface area contributed by atoms with Crippen LogP contribution in [0.1, 0.15) is 5.56 Å². The summed E-state index contributed by atoms with van der Waals surface area (Å²) < 4.78 is 5.78. The third-order valence-corrected chi connectivity index (χ3v) is 6.08. The van der Waals surface area contributed by atoms with E-state index in [0.29, 0.717) is 24.6 Å². The number of hydrogen-bond donors (Lipinski definition) is 1. The van der Waals surface area contributed by atoms with Crippen molar-refractivity contribution < 1.29 is 4.74 Å². The molecule has 1 saturated heterocycles. The van der Waals surface area contributed by atoms with Crippen molar-refractivity contribution in [2.75, 3.05) is 36.1 Å². The second-order valence-corrected chi connectivity index (χ2v) is 7.81. The highest BCUT2D eigenvalue weighted by atomic mass is 16.5. The number of ether oxygens (including phenoxy) is 1. The molecule has 2 aromatic heterocycles. The van der Waals surface area contributed by atoms with Crippen molar-refractivity contribution in [3.05, 3.63) is 66.5 Å². The van der Waals surface area contributed by atoms with Gasteiger partial charge < -0.3 is 19.5 Å². The molecule has 0 amide bonds. The van der Waals surface area contributed by atoms with Crippen LogP contribution < -0.4 is 9.80 Å². The first-order valence-electron chi connectivity index (χ1n) is 10.4. The van der Waals surface area contributed by atoms with Crippen LogP contribution in [0.2, 0.25) is 0 Å². The van der Waals surface area contributed by atoms with Crippen LogP contribution in [-0.4, -0.2) is 47.3 Å². The van der Waals surface area contributed by atoms with Crippen molar-refractivity contribution in [1.82, 2.24) is 15.0 Å². The van der Waals surface area contributed by atoms with Crippen LogP contribution in [0, 0.1) is 11.3 Å². The summed E-state index contributed by atoms with van der Waals surface area (Å²) >= 11 is 0. The summed E-state index contributed by atoms with van der Waals surface area (Å²) in [5.41, 5.74) is 4.50. The molecule has 0 unspecified atom stereocenters. The van der Waals surface area contributed by atoms with E-state index in [1.807, 2.05) is 42.7 Å². The molecule has 6 rings (SSSR count). The van der Waals surface area contributed by atoms with Gasteiger partial charge in [0.25, 0.3) is 0 Å². The lowest BCUT2D eigenvalue weighted by atomic mass is 10.1. The fraction of sp³-hybridized carbons (Fsp3) is 0.208. The highest BCUT2D eigenvalue weighted by Crippen LogP contribution is 2.41. The average Bonchev–Trinajstić information content (AvgIpc) is 3.32. The Bertz CT molecular complexity index is 1320. The highest BCUT2D eigenvalue weighted by Gasteiger charge is 2.36. The lowest BCUT2D eigenvalue weighted by Gasteiger charge is -2.45. The number of nitrogens with zero attached hydrogens (tertiary/aromatic N) is 5. The Kier molecular flexibility index (Phi) is 4.11. The van der Waals surface area contributed by atoms with Crippen LogP contribution in [0.25, 0.3) is 22.3 Å². The Hall–Kier alpha value is -3.89. The molecule has 152 valence electrons. The molecule has 7 heteroatoms. The number of nitriles is 1. The third-order valence-electron chi connectivity index (χ3n) is 6.08. The molecule has 0 radical (unpaired) electrons. The van der Waals surface area contributed by atoms with Gasteiger partial charge >= 0.3 is 0 Å². The molecule has 2 aromatic carbocycles. The molecule has 1 fully saturated rings. The van der Waals surface area contributed by atoms with Crippen molar-refractivity contribution in [2.45, 2.75) is 6.04 Å². The van der Waals surface area contributed by atoms with Crippen molar-refractivity contribution in [2.24, 2.45) is 0 Å². The van der Waals surface area contributed by atoms with E-state index in [9.17, 15) is 5.26 Å². The predicted molar refractivity (Wildman–Crippen MR) is 119 cm³/mol. The summed E-state index contributed by atoms with van der Waals surface area (Å²) in [4.78, 5) is 17.5. The van der Waals surface area contributed by atoms with Crippen molar-refractivity contribution in [3.63, 3.8) is 0 Å². The van der Waals surface area contributed by atoms with E-state index in [0.717, 1.165) is 46.7 Å². The normalized spacial score (nSPS) is 17.8. The molecule has 2 aliphatic heterocycles. The number of aromatic amines is 1. The average molecular weight is 408 g/mol. The zero-order valence-corrected chi connectivity index (χ0v) is 16.8. The highest BCUT2D eigenvalue weighted by molar-refractivity contribution is 5.94. The van der Waals surface area contributed by atoms with Crippen molar-refractivity contribution in [1.29, 1.82) is 5.26 Å². The Morgan fingerprint density at radius 1 is 1.10 bits per heavy atom. The van der Waals surface area contributed by atoms with Gasteiger partial charge in [-0.25, -0.2) is 9.97 Å². The topological polar surface area (TPSA) is 81.1 Å². The second kappa shape index (κ2) is 7.11. The number of fused-ring (bicyclic) bond motifs is 4. The third kappa shape index (κ3) is 2.84. The Morgan fingerprint density at radius 3 is 2.97 bits per heavy atom. The van der Waals surface area contributed by atoms with Gasteiger partial charge in [0.1, 0.15) is 11.8 Å². The smallest absolute Gasteiger partial charge is 0.162 e. The summed E-state index contributed by atoms with van der Waals surface area (Å²) in [5.74, 6) is 1.59. The van der Waals surface area contributed by atoms with Gasteiger partial charge in [-0.3, -0.25) is 0 Å². The maximum atomic E-state index is 9.66. The molecule has 0 bridgehead atoms. The number of benzene rings is 2. The molecular weight excluding hydrogens is 388 g/mol. The SMILES string of the molecule is N#Cc1ccccc1N1C[C@@H]2COCCN2c2nc(-c3cccc4[nH]ccc34)ncc21. The zero-order valence-electron chi connectivity index (χ0n) is 16.8. The van der Waals surface area contributed by atoms with E-state index in [-0.39, 0.29) is 6.04 Å². The molecule has 2 aliphatic rings. The van der Waals surface area contributed by atoms with Gasteiger partial charge in [0.15, 0.2) is 11.6 Å². The van der Waals surface area contributed by atoms with E-state index >= 15 is 0 Å².